The summed E-state index contributed by atoms with van der Waals surface area (Å²) >= 11 is 0. The summed E-state index contributed by atoms with van der Waals surface area (Å²) in [6, 6.07) is 10.0. The van der Waals surface area contributed by atoms with E-state index < -0.39 is 6.29 Å². The number of aliphatic hydroxyl groups excluding tert-OH is 1. The van der Waals surface area contributed by atoms with Crippen LogP contribution in [0.15, 0.2) is 42.2 Å². The number of allylic oxidation sites excluding steroid dienone is 1. The van der Waals surface area contributed by atoms with Crippen LogP contribution < -0.4 is 5.32 Å². The van der Waals surface area contributed by atoms with Gasteiger partial charge < -0.3 is 24.6 Å². The zero-order valence-electron chi connectivity index (χ0n) is 14.6. The van der Waals surface area contributed by atoms with E-state index in [0.29, 0.717) is 32.6 Å². The highest BCUT2D eigenvalue weighted by atomic mass is 16.7. The number of aliphatic hydroxyl groups is 1. The molecule has 2 N–H and O–H groups in total. The zero-order chi connectivity index (χ0) is 17.9. The minimum Gasteiger partial charge on any atom is -0.459 e. The van der Waals surface area contributed by atoms with Gasteiger partial charge in [-0.25, -0.2) is 0 Å². The van der Waals surface area contributed by atoms with E-state index in [1.807, 2.05) is 36.4 Å². The summed E-state index contributed by atoms with van der Waals surface area (Å²) in [5.74, 6) is 0.0750. The lowest BCUT2D eigenvalue weighted by atomic mass is 9.93. The van der Waals surface area contributed by atoms with E-state index >= 15 is 0 Å². The first-order chi connectivity index (χ1) is 12.2. The van der Waals surface area contributed by atoms with Crippen molar-refractivity contribution in [2.24, 2.45) is 0 Å². The molecule has 1 amide bonds. The van der Waals surface area contributed by atoms with Gasteiger partial charge in [0.25, 0.3) is 5.91 Å². The van der Waals surface area contributed by atoms with Crippen LogP contribution >= 0.6 is 0 Å². The number of rotatable bonds is 10. The van der Waals surface area contributed by atoms with Crippen molar-refractivity contribution in [2.75, 3.05) is 33.5 Å². The van der Waals surface area contributed by atoms with Crippen molar-refractivity contribution in [1.29, 1.82) is 0 Å². The van der Waals surface area contributed by atoms with E-state index in [4.69, 9.17) is 19.3 Å². The second-order valence-electron chi connectivity index (χ2n) is 5.88. The predicted octanol–water partition coefficient (Wildman–Crippen LogP) is 1.95. The van der Waals surface area contributed by atoms with Crippen molar-refractivity contribution in [3.8, 4) is 0 Å². The first-order valence-corrected chi connectivity index (χ1v) is 8.67. The molecule has 0 radical (unpaired) electrons. The van der Waals surface area contributed by atoms with Crippen LogP contribution in [0.3, 0.4) is 0 Å². The second kappa shape index (κ2) is 10.9. The number of benzene rings is 1. The second-order valence-corrected chi connectivity index (χ2v) is 5.88. The van der Waals surface area contributed by atoms with E-state index in [9.17, 15) is 4.79 Å². The lowest BCUT2D eigenvalue weighted by Crippen LogP contribution is -2.34. The maximum Gasteiger partial charge on any atom is 0.286 e. The van der Waals surface area contributed by atoms with Crippen molar-refractivity contribution in [1.82, 2.24) is 5.32 Å². The highest BCUT2D eigenvalue weighted by Crippen LogP contribution is 2.31. The molecule has 1 aliphatic rings. The van der Waals surface area contributed by atoms with E-state index in [-0.39, 0.29) is 24.2 Å². The molecular weight excluding hydrogens is 322 g/mol. The molecule has 0 saturated heterocycles. The van der Waals surface area contributed by atoms with Gasteiger partial charge in [0.05, 0.1) is 13.2 Å². The van der Waals surface area contributed by atoms with Crippen LogP contribution in [0, 0.1) is 0 Å². The van der Waals surface area contributed by atoms with E-state index in [1.54, 1.807) is 7.11 Å². The predicted molar refractivity (Wildman–Crippen MR) is 93.9 cm³/mol. The maximum atomic E-state index is 12.3. The van der Waals surface area contributed by atoms with Gasteiger partial charge in [-0.1, -0.05) is 30.3 Å². The van der Waals surface area contributed by atoms with Crippen molar-refractivity contribution in [3.63, 3.8) is 0 Å². The number of unbranched alkanes of at least 4 members (excludes halogenated alkanes) is 1. The average Bonchev–Trinajstić information content (AvgIpc) is 2.66. The van der Waals surface area contributed by atoms with Crippen LogP contribution in [-0.4, -0.2) is 50.8 Å². The summed E-state index contributed by atoms with van der Waals surface area (Å²) in [5.41, 5.74) is 1.12. The third kappa shape index (κ3) is 6.49. The Morgan fingerprint density at radius 3 is 2.80 bits per heavy atom. The monoisotopic (exact) mass is 349 g/mol. The van der Waals surface area contributed by atoms with Crippen LogP contribution in [0.2, 0.25) is 0 Å². The first kappa shape index (κ1) is 19.4. The molecule has 1 aromatic carbocycles. The molecule has 1 aliphatic heterocycles. The Kier molecular flexibility index (Phi) is 8.45. The largest absolute Gasteiger partial charge is 0.459 e. The fourth-order valence-corrected chi connectivity index (χ4v) is 2.63. The Morgan fingerprint density at radius 2 is 2.08 bits per heavy atom. The van der Waals surface area contributed by atoms with Gasteiger partial charge in [-0.3, -0.25) is 4.79 Å². The summed E-state index contributed by atoms with van der Waals surface area (Å²) < 4.78 is 16.4. The molecule has 0 bridgehead atoms. The van der Waals surface area contributed by atoms with Gasteiger partial charge in [0.15, 0.2) is 5.76 Å². The quantitative estimate of drug-likeness (QED) is 0.632. The average molecular weight is 349 g/mol. The van der Waals surface area contributed by atoms with Gasteiger partial charge >= 0.3 is 0 Å². The smallest absolute Gasteiger partial charge is 0.286 e. The lowest BCUT2D eigenvalue weighted by molar-refractivity contribution is -0.146. The number of ether oxygens (including phenoxy) is 3. The number of nitrogens with one attached hydrogen (secondary N) is 1. The third-order valence-electron chi connectivity index (χ3n) is 3.96. The molecule has 1 aromatic rings. The molecule has 0 aromatic heterocycles. The highest BCUT2D eigenvalue weighted by Gasteiger charge is 2.28. The molecule has 1 heterocycles. The number of carbonyl (C=O) groups is 1. The molecule has 0 spiro atoms. The number of methoxy groups -OCH3 is 1. The Hall–Kier alpha value is -1.89. The first-order valence-electron chi connectivity index (χ1n) is 8.67. The van der Waals surface area contributed by atoms with Gasteiger partial charge in [0.2, 0.25) is 6.29 Å². The highest BCUT2D eigenvalue weighted by molar-refractivity contribution is 5.91. The maximum absolute atomic E-state index is 12.3. The van der Waals surface area contributed by atoms with Crippen molar-refractivity contribution < 1.29 is 24.1 Å². The normalized spacial score (nSPS) is 19.8. The van der Waals surface area contributed by atoms with E-state index in [1.165, 1.54) is 0 Å². The van der Waals surface area contributed by atoms with Crippen LogP contribution in [0.5, 0.6) is 0 Å². The minimum absolute atomic E-state index is 0.0565. The van der Waals surface area contributed by atoms with E-state index in [0.717, 1.165) is 12.0 Å². The molecule has 0 saturated carbocycles. The lowest BCUT2D eigenvalue weighted by Gasteiger charge is -2.29. The molecule has 6 heteroatoms. The molecule has 0 fully saturated rings. The van der Waals surface area contributed by atoms with E-state index in [2.05, 4.69) is 5.32 Å². The molecule has 0 unspecified atom stereocenters. The van der Waals surface area contributed by atoms with Gasteiger partial charge in [-0.05, 0) is 24.5 Å². The Balaban J connectivity index is 2.03. The molecule has 2 atom stereocenters. The molecule has 25 heavy (non-hydrogen) atoms. The Bertz CT molecular complexity index is 546. The summed E-state index contributed by atoms with van der Waals surface area (Å²) in [4.78, 5) is 12.3. The molecule has 2 rings (SSSR count). The van der Waals surface area contributed by atoms with Gasteiger partial charge in [-0.15, -0.1) is 0 Å². The van der Waals surface area contributed by atoms with Crippen molar-refractivity contribution in [3.05, 3.63) is 47.7 Å². The number of hydrogen-bond acceptors (Lipinski definition) is 5. The fourth-order valence-electron chi connectivity index (χ4n) is 2.63. The minimum atomic E-state index is -0.475. The molecule has 138 valence electrons. The molecule has 6 nitrogen and oxygen atoms in total. The third-order valence-corrected chi connectivity index (χ3v) is 3.96. The number of carbonyl (C=O) groups excluding carboxylic acids is 1. The van der Waals surface area contributed by atoms with Crippen LogP contribution in [0.25, 0.3) is 0 Å². The molecule has 0 aliphatic carbocycles. The Morgan fingerprint density at radius 1 is 1.28 bits per heavy atom. The van der Waals surface area contributed by atoms with Gasteiger partial charge in [0.1, 0.15) is 0 Å². The zero-order valence-corrected chi connectivity index (χ0v) is 14.6. The summed E-state index contributed by atoms with van der Waals surface area (Å²) in [7, 11) is 1.59. The van der Waals surface area contributed by atoms with Gasteiger partial charge in [0, 0.05) is 32.6 Å². The number of amides is 1. The summed E-state index contributed by atoms with van der Waals surface area (Å²) in [6.45, 7) is 1.51. The number of hydrogen-bond donors (Lipinski definition) is 2. The van der Waals surface area contributed by atoms with Crippen molar-refractivity contribution in [2.45, 2.75) is 31.5 Å². The standard InChI is InChI=1S/C19H27NO5/c1-23-12-9-20-19(22)17-13-16(15-7-3-2-4-8-15)14-18(25-17)24-11-6-5-10-21/h2-4,7-8,13,16,18,21H,5-6,9-12,14H2,1H3,(H,20,22)/t16-,18+/m1/s1. The SMILES string of the molecule is COCCNC(=O)C1=C[C@@H](c2ccccc2)C[C@@H](OCCCCO)O1. The topological polar surface area (TPSA) is 77.0 Å². The van der Waals surface area contributed by atoms with Crippen LogP contribution in [-0.2, 0) is 19.0 Å². The molecular formula is C19H27NO5. The summed E-state index contributed by atoms with van der Waals surface area (Å²) in [6.07, 6.45) is 3.47. The van der Waals surface area contributed by atoms with Crippen LogP contribution in [0.1, 0.15) is 30.7 Å². The Labute approximate surface area is 148 Å². The summed E-state index contributed by atoms with van der Waals surface area (Å²) in [5, 5.41) is 11.6. The van der Waals surface area contributed by atoms with Crippen molar-refractivity contribution >= 4 is 5.91 Å². The van der Waals surface area contributed by atoms with Gasteiger partial charge in [-0.2, -0.15) is 0 Å². The fraction of sp³-hybridized carbons (Fsp3) is 0.526. The van der Waals surface area contributed by atoms with Crippen LogP contribution in [0.4, 0.5) is 0 Å².